The van der Waals surface area contributed by atoms with Gasteiger partial charge in [-0.25, -0.2) is 9.59 Å². The number of cyclic esters (lactones) is 1. The van der Waals surface area contributed by atoms with E-state index in [4.69, 9.17) is 33.2 Å². The molecular formula is C36H56BN3O11. The van der Waals surface area contributed by atoms with E-state index in [-0.39, 0.29) is 50.1 Å². The first kappa shape index (κ1) is 40.2. The van der Waals surface area contributed by atoms with E-state index in [1.165, 1.54) is 19.9 Å². The average Bonchev–Trinajstić information content (AvgIpc) is 3.63. The van der Waals surface area contributed by atoms with Crippen LogP contribution in [0.5, 0.6) is 11.5 Å². The van der Waals surface area contributed by atoms with Crippen LogP contribution in [0, 0.1) is 5.92 Å². The summed E-state index contributed by atoms with van der Waals surface area (Å²) in [7, 11) is 2.95. The molecule has 51 heavy (non-hydrogen) atoms. The fourth-order valence-electron chi connectivity index (χ4n) is 6.40. The number of aliphatic hydroxyl groups is 1. The molecule has 1 aromatic rings. The lowest BCUT2D eigenvalue weighted by Gasteiger charge is -2.31. The van der Waals surface area contributed by atoms with Crippen LogP contribution in [0.3, 0.4) is 0 Å². The molecule has 1 aromatic carbocycles. The van der Waals surface area contributed by atoms with Crippen molar-refractivity contribution in [1.82, 2.24) is 15.1 Å². The van der Waals surface area contributed by atoms with Crippen molar-refractivity contribution in [2.24, 2.45) is 5.92 Å². The first-order chi connectivity index (χ1) is 24.0. The first-order valence-electron chi connectivity index (χ1n) is 17.8. The third kappa shape index (κ3) is 11.2. The molecule has 5 unspecified atom stereocenters. The zero-order valence-electron chi connectivity index (χ0n) is 31.6. The summed E-state index contributed by atoms with van der Waals surface area (Å²) in [4.78, 5) is 42.2. The van der Waals surface area contributed by atoms with Gasteiger partial charge in [-0.3, -0.25) is 9.69 Å². The Morgan fingerprint density at radius 1 is 1.14 bits per heavy atom. The second kappa shape index (κ2) is 17.3. The molecule has 0 saturated carbocycles. The normalized spacial score (nSPS) is 26.6. The van der Waals surface area contributed by atoms with Gasteiger partial charge in [0.05, 0.1) is 25.3 Å². The number of methoxy groups -OCH3 is 1. The summed E-state index contributed by atoms with van der Waals surface area (Å²) in [5, 5.41) is 14.2. The van der Waals surface area contributed by atoms with Crippen LogP contribution in [0.4, 0.5) is 9.59 Å². The molecule has 1 saturated heterocycles. The zero-order valence-corrected chi connectivity index (χ0v) is 31.6. The van der Waals surface area contributed by atoms with E-state index in [1.807, 2.05) is 27.7 Å². The van der Waals surface area contributed by atoms with Gasteiger partial charge in [0.1, 0.15) is 47.6 Å². The van der Waals surface area contributed by atoms with Crippen molar-refractivity contribution in [3.05, 3.63) is 35.7 Å². The number of ether oxygens (including phenoxy) is 7. The number of rotatable bonds is 9. The highest BCUT2D eigenvalue weighted by Gasteiger charge is 2.44. The molecular weight excluding hydrogens is 661 g/mol. The Morgan fingerprint density at radius 2 is 1.88 bits per heavy atom. The summed E-state index contributed by atoms with van der Waals surface area (Å²) < 4.78 is 41.1. The molecule has 3 aliphatic rings. The summed E-state index contributed by atoms with van der Waals surface area (Å²) in [5.74, 6) is -0.882. The van der Waals surface area contributed by atoms with Crippen LogP contribution < -0.4 is 14.8 Å². The van der Waals surface area contributed by atoms with Gasteiger partial charge in [0.15, 0.2) is 18.4 Å². The number of esters is 1. The highest BCUT2D eigenvalue weighted by atomic mass is 16.8. The van der Waals surface area contributed by atoms with Crippen LogP contribution in [0.1, 0.15) is 90.1 Å². The summed E-state index contributed by atoms with van der Waals surface area (Å²) in [5.41, 5.74) is 0.283. The fraction of sp³-hybridized carbons (Fsp3) is 0.694. The van der Waals surface area contributed by atoms with Gasteiger partial charge < -0.3 is 48.5 Å². The average molecular weight is 718 g/mol. The van der Waals surface area contributed by atoms with Gasteiger partial charge in [0.25, 0.3) is 0 Å². The highest BCUT2D eigenvalue weighted by molar-refractivity contribution is 6.56. The number of aryl methyl sites for hydroxylation is 1. The molecule has 1 fully saturated rings. The predicted molar refractivity (Wildman–Crippen MR) is 190 cm³/mol. The van der Waals surface area contributed by atoms with Crippen molar-refractivity contribution >= 4 is 25.7 Å². The molecule has 0 spiro atoms. The van der Waals surface area contributed by atoms with Crippen LogP contribution in [0.25, 0.3) is 0 Å². The Labute approximate surface area is 302 Å². The molecule has 0 bridgehead atoms. The summed E-state index contributed by atoms with van der Waals surface area (Å²) in [6.07, 6.45) is 3.01. The number of fused-ring (bicyclic) bond motifs is 2. The summed E-state index contributed by atoms with van der Waals surface area (Å²) >= 11 is 0. The van der Waals surface area contributed by atoms with Gasteiger partial charge in [-0.05, 0) is 91.2 Å². The third-order valence-corrected chi connectivity index (χ3v) is 9.17. The van der Waals surface area contributed by atoms with Crippen LogP contribution in [0.2, 0.25) is 0 Å². The number of benzene rings is 1. The van der Waals surface area contributed by atoms with Crippen molar-refractivity contribution in [2.45, 2.75) is 123 Å². The Balaban J connectivity index is 1.54. The number of carbonyl (C=O) groups is 3. The van der Waals surface area contributed by atoms with Gasteiger partial charge in [0, 0.05) is 25.6 Å². The third-order valence-electron chi connectivity index (χ3n) is 9.17. The molecule has 2 amide bonds. The Hall–Kier alpha value is -3.53. The molecule has 14 nitrogen and oxygen atoms in total. The molecule has 3 aliphatic heterocycles. The minimum Gasteiger partial charge on any atom is -0.492 e. The molecule has 2 N–H and O–H groups in total. The van der Waals surface area contributed by atoms with Crippen molar-refractivity contribution < 1.29 is 52.6 Å². The van der Waals surface area contributed by atoms with E-state index in [1.54, 1.807) is 50.2 Å². The van der Waals surface area contributed by atoms with Crippen LogP contribution >= 0.6 is 0 Å². The van der Waals surface area contributed by atoms with Gasteiger partial charge in [-0.15, -0.1) is 0 Å². The number of amides is 2. The minimum atomic E-state index is -0.825. The van der Waals surface area contributed by atoms with Gasteiger partial charge in [-0.1, -0.05) is 6.92 Å². The number of hydrogen-bond donors (Lipinski definition) is 2. The smallest absolute Gasteiger partial charge is 0.416 e. The minimum absolute atomic E-state index is 0.0367. The quantitative estimate of drug-likeness (QED) is 0.216. The standard InChI is InChI=1S/C36H56BN3O11/c1-22-12-13-26(41)31-27(49-36(6,7)50-31)11-9-10-24-18-25(19-28(47-21-45-8)30(24)32(42)48-23(22)2)46-17-16-39(33(37)43)20-29-38-14-15-40(29)34(44)51-35(3,4)5/h14-15,18-19,22-23,26-27,29,31,38,41H,9-13,16-17,20-21,37H2,1-8H3/t22-,23?,26?,27?,29?,31?/m1/s1. The summed E-state index contributed by atoms with van der Waals surface area (Å²) in [6.45, 7) is 13.3. The van der Waals surface area contributed by atoms with E-state index >= 15 is 0 Å². The Morgan fingerprint density at radius 3 is 2.57 bits per heavy atom. The predicted octanol–water partition coefficient (Wildman–Crippen LogP) is 3.92. The van der Waals surface area contributed by atoms with Gasteiger partial charge in [-0.2, -0.15) is 0 Å². The lowest BCUT2D eigenvalue weighted by atomic mass is 9.92. The summed E-state index contributed by atoms with van der Waals surface area (Å²) in [6, 6.07) is 3.42. The Bertz CT molecular complexity index is 1400. The van der Waals surface area contributed by atoms with Crippen LogP contribution in [-0.4, -0.2) is 116 Å². The molecule has 0 radical (unpaired) electrons. The lowest BCUT2D eigenvalue weighted by molar-refractivity contribution is -0.156. The molecule has 3 heterocycles. The monoisotopic (exact) mass is 717 g/mol. The maximum atomic E-state index is 13.8. The number of carbonyl (C=O) groups excluding carboxylic acids is 3. The highest BCUT2D eigenvalue weighted by Crippen LogP contribution is 2.36. The van der Waals surface area contributed by atoms with E-state index < -0.39 is 47.9 Å². The maximum absolute atomic E-state index is 13.8. The first-order valence-corrected chi connectivity index (χ1v) is 17.8. The van der Waals surface area contributed by atoms with Crippen molar-refractivity contribution in [3.63, 3.8) is 0 Å². The largest absolute Gasteiger partial charge is 0.492 e. The number of aliphatic hydroxyl groups excluding tert-OH is 1. The van der Waals surface area contributed by atoms with Crippen molar-refractivity contribution in [2.75, 3.05) is 33.6 Å². The topological polar surface area (TPSA) is 155 Å². The second-order valence-corrected chi connectivity index (χ2v) is 15.0. The second-order valence-electron chi connectivity index (χ2n) is 15.0. The number of hydrogen-bond acceptors (Lipinski definition) is 12. The van der Waals surface area contributed by atoms with Gasteiger partial charge in [0.2, 0.25) is 7.85 Å². The molecule has 0 aromatic heterocycles. The van der Waals surface area contributed by atoms with Crippen LogP contribution in [-0.2, 0) is 30.1 Å². The molecule has 15 heteroatoms. The van der Waals surface area contributed by atoms with E-state index in [0.717, 1.165) is 0 Å². The number of nitrogens with zero attached hydrogens (tertiary/aromatic N) is 2. The van der Waals surface area contributed by atoms with Gasteiger partial charge >= 0.3 is 12.1 Å². The molecule has 6 atom stereocenters. The van der Waals surface area contributed by atoms with Crippen molar-refractivity contribution in [3.8, 4) is 11.5 Å². The van der Waals surface area contributed by atoms with E-state index in [2.05, 4.69) is 5.32 Å². The Kier molecular flexibility index (Phi) is 13.7. The molecule has 4 rings (SSSR count). The number of nitrogens with one attached hydrogen (secondary N) is 1. The maximum Gasteiger partial charge on any atom is 0.416 e. The molecule has 284 valence electrons. The lowest BCUT2D eigenvalue weighted by Crippen LogP contribution is -2.50. The SMILES string of the molecule is BC(=O)N(CCOc1cc2c(c(OCOC)c1)C(=O)OC(C)[C@H](C)CCC(O)C1OC(C)(C)OC1CCC2)CC1NC=CN1C(=O)OC(C)(C)C. The van der Waals surface area contributed by atoms with Crippen LogP contribution in [0.15, 0.2) is 24.5 Å². The fourth-order valence-corrected chi connectivity index (χ4v) is 6.40. The van der Waals surface area contributed by atoms with Crippen molar-refractivity contribution in [1.29, 1.82) is 0 Å². The van der Waals surface area contributed by atoms with E-state index in [9.17, 15) is 19.5 Å². The zero-order chi connectivity index (χ0) is 37.5. The molecule has 0 aliphatic carbocycles. The van der Waals surface area contributed by atoms with E-state index in [0.29, 0.717) is 49.0 Å².